The normalized spacial score (nSPS) is 14.0. The van der Waals surface area contributed by atoms with Crippen LogP contribution >= 0.6 is 15.6 Å². The minimum atomic E-state index is -4.96. The van der Waals surface area contributed by atoms with Crippen LogP contribution in [0.25, 0.3) is 0 Å². The summed E-state index contributed by atoms with van der Waals surface area (Å²) >= 11 is 0. The largest absolute Gasteiger partial charge is 0.472 e. The summed E-state index contributed by atoms with van der Waals surface area (Å²) < 4.78 is 68.8. The van der Waals surface area contributed by atoms with Crippen molar-refractivity contribution >= 4 is 39.5 Å². The molecule has 0 aliphatic rings. The number of carbonyl (C=O) groups is 4. The highest BCUT2D eigenvalue weighted by atomic mass is 31.2. The molecule has 0 radical (unpaired) electrons. The number of hydrogen-bond acceptors (Lipinski definition) is 15. The zero-order valence-electron chi connectivity index (χ0n) is 65.7. The van der Waals surface area contributed by atoms with Crippen molar-refractivity contribution in [2.75, 3.05) is 39.6 Å². The summed E-state index contributed by atoms with van der Waals surface area (Å²) in [6.07, 6.45) is 59.6. The lowest BCUT2D eigenvalue weighted by atomic mass is 10.0. The zero-order chi connectivity index (χ0) is 73.7. The van der Waals surface area contributed by atoms with E-state index in [0.29, 0.717) is 25.7 Å². The Morgan fingerprint density at radius 3 is 0.680 bits per heavy atom. The van der Waals surface area contributed by atoms with E-state index in [1.807, 2.05) is 0 Å². The summed E-state index contributed by atoms with van der Waals surface area (Å²) in [6.45, 7) is 12.0. The monoisotopic (exact) mass is 1470 g/mol. The van der Waals surface area contributed by atoms with Crippen LogP contribution in [0, 0.1) is 17.8 Å². The van der Waals surface area contributed by atoms with Gasteiger partial charge in [0.05, 0.1) is 26.4 Å². The Kier molecular flexibility index (Phi) is 69.9. The molecular weight excluding hydrogens is 1310 g/mol. The van der Waals surface area contributed by atoms with Crippen molar-refractivity contribution in [3.05, 3.63) is 0 Å². The van der Waals surface area contributed by atoms with Crippen LogP contribution < -0.4 is 0 Å². The lowest BCUT2D eigenvalue weighted by Crippen LogP contribution is -2.30. The molecule has 0 saturated heterocycles. The number of phosphoric ester groups is 2. The topological polar surface area (TPSA) is 237 Å². The number of esters is 4. The fraction of sp³-hybridized carbons (Fsp3) is 0.951. The second-order valence-electron chi connectivity index (χ2n) is 30.6. The van der Waals surface area contributed by atoms with Gasteiger partial charge in [0, 0.05) is 25.7 Å². The summed E-state index contributed by atoms with van der Waals surface area (Å²) in [5.41, 5.74) is 0. The first-order valence-corrected chi connectivity index (χ1v) is 44.8. The number of carbonyl (C=O) groups excluding carboxylic acids is 4. The van der Waals surface area contributed by atoms with Gasteiger partial charge in [-0.2, -0.15) is 0 Å². The SMILES string of the molecule is CCCCCCCCCCCCCCCCCCC(=O)OC[C@H](COP(=O)(O)OC[C@@H](O)COP(=O)(O)OC[C@@H](COC(=O)CCCCCCCCCCCC(C)C)OC(=O)CCCCCCCCCCCCCC(C)C)OC(=O)CCCCCCCCCCCCCCCCCC(C)C. The molecule has 0 amide bonds. The molecule has 17 nitrogen and oxygen atoms in total. The molecule has 0 aromatic carbocycles. The van der Waals surface area contributed by atoms with Crippen molar-refractivity contribution in [1.82, 2.24) is 0 Å². The summed E-state index contributed by atoms with van der Waals surface area (Å²) in [6, 6.07) is 0. The highest BCUT2D eigenvalue weighted by Gasteiger charge is 2.30. The van der Waals surface area contributed by atoms with Gasteiger partial charge in [0.2, 0.25) is 0 Å². The average molecular weight is 1470 g/mol. The summed E-state index contributed by atoms with van der Waals surface area (Å²) in [7, 11) is -9.92. The highest BCUT2D eigenvalue weighted by molar-refractivity contribution is 7.47. The summed E-state index contributed by atoms with van der Waals surface area (Å²) in [5, 5.41) is 10.6. The average Bonchev–Trinajstić information content (AvgIpc) is 2.03. The van der Waals surface area contributed by atoms with E-state index in [1.54, 1.807) is 0 Å². The predicted octanol–water partition coefficient (Wildman–Crippen LogP) is 24.1. The Labute approximate surface area is 613 Å². The molecule has 0 rings (SSSR count). The van der Waals surface area contributed by atoms with Crippen LogP contribution in [0.3, 0.4) is 0 Å². The Hall–Kier alpha value is -1.94. The van der Waals surface area contributed by atoms with Crippen LogP contribution in [-0.4, -0.2) is 96.7 Å². The van der Waals surface area contributed by atoms with Gasteiger partial charge in [-0.05, 0) is 43.4 Å². The Morgan fingerprint density at radius 1 is 0.270 bits per heavy atom. The smallest absolute Gasteiger partial charge is 0.462 e. The molecule has 0 saturated carbocycles. The molecular formula is C81H158O17P2. The molecule has 0 fully saturated rings. The maximum absolute atomic E-state index is 13.1. The Balaban J connectivity index is 5.26. The number of ether oxygens (including phenoxy) is 4. The number of aliphatic hydroxyl groups is 1. The van der Waals surface area contributed by atoms with Crippen molar-refractivity contribution in [3.8, 4) is 0 Å². The van der Waals surface area contributed by atoms with Gasteiger partial charge in [0.1, 0.15) is 19.3 Å². The zero-order valence-corrected chi connectivity index (χ0v) is 67.5. The van der Waals surface area contributed by atoms with Gasteiger partial charge in [0.25, 0.3) is 0 Å². The van der Waals surface area contributed by atoms with E-state index in [2.05, 4.69) is 48.5 Å². The quantitative estimate of drug-likeness (QED) is 0.0222. The van der Waals surface area contributed by atoms with Crippen molar-refractivity contribution in [2.24, 2.45) is 17.8 Å². The van der Waals surface area contributed by atoms with E-state index in [9.17, 15) is 43.2 Å². The molecule has 2 unspecified atom stereocenters. The lowest BCUT2D eigenvalue weighted by molar-refractivity contribution is -0.161. The van der Waals surface area contributed by atoms with E-state index in [-0.39, 0.29) is 25.7 Å². The van der Waals surface area contributed by atoms with E-state index in [1.165, 1.54) is 231 Å². The van der Waals surface area contributed by atoms with Gasteiger partial charge in [-0.15, -0.1) is 0 Å². The molecule has 594 valence electrons. The summed E-state index contributed by atoms with van der Waals surface area (Å²) in [5.74, 6) is 0.202. The van der Waals surface area contributed by atoms with Crippen LogP contribution in [0.2, 0.25) is 0 Å². The third-order valence-electron chi connectivity index (χ3n) is 18.9. The molecule has 0 spiro atoms. The van der Waals surface area contributed by atoms with Gasteiger partial charge in [-0.3, -0.25) is 37.3 Å². The molecule has 0 heterocycles. The van der Waals surface area contributed by atoms with Gasteiger partial charge >= 0.3 is 39.5 Å². The Morgan fingerprint density at radius 2 is 0.460 bits per heavy atom. The third-order valence-corrected chi connectivity index (χ3v) is 20.8. The van der Waals surface area contributed by atoms with Crippen molar-refractivity contribution in [3.63, 3.8) is 0 Å². The Bertz CT molecular complexity index is 1940. The van der Waals surface area contributed by atoms with Crippen LogP contribution in [0.4, 0.5) is 0 Å². The van der Waals surface area contributed by atoms with E-state index in [4.69, 9.17) is 37.0 Å². The van der Waals surface area contributed by atoms with Gasteiger partial charge in [-0.25, -0.2) is 9.13 Å². The van der Waals surface area contributed by atoms with Gasteiger partial charge in [-0.1, -0.05) is 370 Å². The van der Waals surface area contributed by atoms with Gasteiger partial charge < -0.3 is 33.8 Å². The number of phosphoric acid groups is 2. The molecule has 0 aliphatic heterocycles. The van der Waals surface area contributed by atoms with E-state index >= 15 is 0 Å². The minimum Gasteiger partial charge on any atom is -0.462 e. The molecule has 100 heavy (non-hydrogen) atoms. The first kappa shape index (κ1) is 98.1. The molecule has 19 heteroatoms. The van der Waals surface area contributed by atoms with Crippen LogP contribution in [0.15, 0.2) is 0 Å². The number of hydrogen-bond donors (Lipinski definition) is 3. The number of unbranched alkanes of at least 4 members (excludes halogenated alkanes) is 47. The molecule has 0 aromatic rings. The lowest BCUT2D eigenvalue weighted by Gasteiger charge is -2.21. The van der Waals surface area contributed by atoms with Crippen molar-refractivity contribution < 1.29 is 80.2 Å². The van der Waals surface area contributed by atoms with Crippen LogP contribution in [-0.2, 0) is 65.4 Å². The fourth-order valence-electron chi connectivity index (χ4n) is 12.5. The van der Waals surface area contributed by atoms with Crippen molar-refractivity contribution in [1.29, 1.82) is 0 Å². The molecule has 0 aromatic heterocycles. The number of rotatable bonds is 79. The third kappa shape index (κ3) is 74.3. The highest BCUT2D eigenvalue weighted by Crippen LogP contribution is 2.45. The molecule has 5 atom stereocenters. The maximum atomic E-state index is 13.1. The standard InChI is InChI=1S/C81H158O17P2/c1-8-9-10-11-12-13-14-15-16-19-22-27-34-41-48-55-62-78(83)91-68-76(97-80(85)64-57-50-43-35-28-23-20-17-18-21-25-31-38-45-52-59-72(2)3)70-95-99(87,88)93-66-75(82)67-94-100(89,90)96-71-77(69-92-79(84)63-56-49-42-37-30-33-40-47-54-61-74(6)7)98-81(86)65-58-51-44-36-29-24-26-32-39-46-53-60-73(4)5/h72-77,82H,8-71H2,1-7H3,(H,87,88)(H,89,90)/t75-,76-,77-/m1/s1. The number of aliphatic hydroxyl groups excluding tert-OH is 1. The second-order valence-corrected chi connectivity index (χ2v) is 33.5. The van der Waals surface area contributed by atoms with Gasteiger partial charge in [0.15, 0.2) is 12.2 Å². The second kappa shape index (κ2) is 71.3. The molecule has 3 N–H and O–H groups in total. The maximum Gasteiger partial charge on any atom is 0.472 e. The van der Waals surface area contributed by atoms with E-state index in [0.717, 1.165) is 108 Å². The first-order chi connectivity index (χ1) is 48.2. The predicted molar refractivity (Wildman–Crippen MR) is 409 cm³/mol. The first-order valence-electron chi connectivity index (χ1n) is 41.8. The van der Waals surface area contributed by atoms with Crippen LogP contribution in [0.1, 0.15) is 421 Å². The van der Waals surface area contributed by atoms with E-state index < -0.39 is 97.5 Å². The fourth-order valence-corrected chi connectivity index (χ4v) is 14.1. The molecule has 0 bridgehead atoms. The summed E-state index contributed by atoms with van der Waals surface area (Å²) in [4.78, 5) is 73.1. The minimum absolute atomic E-state index is 0.106. The molecule has 0 aliphatic carbocycles. The van der Waals surface area contributed by atoms with Crippen molar-refractivity contribution in [2.45, 2.75) is 439 Å². The van der Waals surface area contributed by atoms with Crippen LogP contribution in [0.5, 0.6) is 0 Å².